The minimum atomic E-state index is -0.265. The Kier molecular flexibility index (Phi) is 4.47. The average Bonchev–Trinajstić information content (AvgIpc) is 3.33. The lowest BCUT2D eigenvalue weighted by atomic mass is 10.3. The molecule has 2 aromatic rings. The SMILES string of the molecule is COc1ccc(Cl)cc1Nc1ccc(NC(=O)NC2CC2)nn1. The number of carbonyl (C=O) groups is 1. The fraction of sp³-hybridized carbons (Fsp3) is 0.267. The number of urea groups is 1. The van der Waals surface area contributed by atoms with Crippen molar-refractivity contribution < 1.29 is 9.53 Å². The molecule has 23 heavy (non-hydrogen) atoms. The van der Waals surface area contributed by atoms with Crippen LogP contribution in [-0.4, -0.2) is 29.4 Å². The van der Waals surface area contributed by atoms with Gasteiger partial charge in [0.25, 0.3) is 0 Å². The molecule has 120 valence electrons. The van der Waals surface area contributed by atoms with Gasteiger partial charge < -0.3 is 15.4 Å². The van der Waals surface area contributed by atoms with Crippen molar-refractivity contribution in [3.63, 3.8) is 0 Å². The summed E-state index contributed by atoms with van der Waals surface area (Å²) >= 11 is 5.98. The number of benzene rings is 1. The van der Waals surface area contributed by atoms with Gasteiger partial charge in [0.05, 0.1) is 12.8 Å². The number of anilines is 3. The van der Waals surface area contributed by atoms with Crippen LogP contribution in [0.5, 0.6) is 5.75 Å². The Balaban J connectivity index is 1.65. The molecule has 1 saturated carbocycles. The number of nitrogens with one attached hydrogen (secondary N) is 3. The van der Waals surface area contributed by atoms with Gasteiger partial charge in [-0.25, -0.2) is 4.79 Å². The second-order valence-electron chi connectivity index (χ2n) is 5.15. The molecule has 0 unspecified atom stereocenters. The molecule has 1 aromatic heterocycles. The molecule has 0 spiro atoms. The zero-order valence-corrected chi connectivity index (χ0v) is 13.2. The van der Waals surface area contributed by atoms with Crippen LogP contribution in [0.25, 0.3) is 0 Å². The van der Waals surface area contributed by atoms with Crippen molar-refractivity contribution in [1.29, 1.82) is 0 Å². The molecule has 1 fully saturated rings. The van der Waals surface area contributed by atoms with Crippen molar-refractivity contribution in [2.24, 2.45) is 0 Å². The minimum absolute atomic E-state index is 0.265. The van der Waals surface area contributed by atoms with E-state index in [1.54, 1.807) is 37.4 Å². The summed E-state index contributed by atoms with van der Waals surface area (Å²) in [6.45, 7) is 0. The van der Waals surface area contributed by atoms with Crippen LogP contribution in [0, 0.1) is 0 Å². The Bertz CT molecular complexity index is 704. The fourth-order valence-corrected chi connectivity index (χ4v) is 2.12. The highest BCUT2D eigenvalue weighted by Gasteiger charge is 2.23. The number of methoxy groups -OCH3 is 1. The lowest BCUT2D eigenvalue weighted by molar-refractivity contribution is 0.251. The van der Waals surface area contributed by atoms with Crippen molar-refractivity contribution in [3.05, 3.63) is 35.4 Å². The highest BCUT2D eigenvalue weighted by Crippen LogP contribution is 2.29. The smallest absolute Gasteiger partial charge is 0.320 e. The summed E-state index contributed by atoms with van der Waals surface area (Å²) in [7, 11) is 1.57. The topological polar surface area (TPSA) is 88.2 Å². The largest absolute Gasteiger partial charge is 0.495 e. The van der Waals surface area contributed by atoms with Crippen molar-refractivity contribution in [2.75, 3.05) is 17.7 Å². The van der Waals surface area contributed by atoms with Crippen LogP contribution in [0.4, 0.5) is 22.1 Å². The molecule has 8 heteroatoms. The standard InChI is InChI=1S/C15H16ClN5O2/c1-23-12-5-2-9(16)8-11(12)18-13-6-7-14(21-20-13)19-15(22)17-10-3-4-10/h2,5-8,10H,3-4H2,1H3,(H,18,20)(H2,17,19,21,22). The third kappa shape index (κ3) is 4.23. The van der Waals surface area contributed by atoms with Gasteiger partial charge in [0.15, 0.2) is 11.6 Å². The van der Waals surface area contributed by atoms with E-state index in [1.165, 1.54) is 0 Å². The third-order valence-electron chi connectivity index (χ3n) is 3.24. The van der Waals surface area contributed by atoms with Gasteiger partial charge in [0, 0.05) is 11.1 Å². The van der Waals surface area contributed by atoms with Crippen LogP contribution < -0.4 is 20.7 Å². The highest BCUT2D eigenvalue weighted by molar-refractivity contribution is 6.31. The van der Waals surface area contributed by atoms with Crippen molar-refractivity contribution in [3.8, 4) is 5.75 Å². The van der Waals surface area contributed by atoms with Crippen molar-refractivity contribution >= 4 is 35.0 Å². The maximum Gasteiger partial charge on any atom is 0.320 e. The van der Waals surface area contributed by atoms with Gasteiger partial charge in [-0.3, -0.25) is 5.32 Å². The quantitative estimate of drug-likeness (QED) is 0.782. The van der Waals surface area contributed by atoms with E-state index in [4.69, 9.17) is 16.3 Å². The van der Waals surface area contributed by atoms with Gasteiger partial charge in [-0.1, -0.05) is 11.6 Å². The van der Waals surface area contributed by atoms with E-state index < -0.39 is 0 Å². The molecule has 3 N–H and O–H groups in total. The summed E-state index contributed by atoms with van der Waals surface area (Å²) in [6.07, 6.45) is 2.06. The predicted octanol–water partition coefficient (Wildman–Crippen LogP) is 3.17. The Morgan fingerprint density at radius 2 is 1.96 bits per heavy atom. The first-order valence-corrected chi connectivity index (χ1v) is 7.53. The molecule has 3 rings (SSSR count). The van der Waals surface area contributed by atoms with Crippen molar-refractivity contribution in [1.82, 2.24) is 15.5 Å². The van der Waals surface area contributed by atoms with Gasteiger partial charge in [0.1, 0.15) is 5.75 Å². The molecule has 0 saturated heterocycles. The number of hydrogen-bond donors (Lipinski definition) is 3. The van der Waals surface area contributed by atoms with E-state index in [0.29, 0.717) is 34.1 Å². The predicted molar refractivity (Wildman–Crippen MR) is 88.5 cm³/mol. The number of hydrogen-bond acceptors (Lipinski definition) is 5. The number of rotatable bonds is 5. The molecular weight excluding hydrogens is 318 g/mol. The third-order valence-corrected chi connectivity index (χ3v) is 3.48. The lowest BCUT2D eigenvalue weighted by Crippen LogP contribution is -2.30. The van der Waals surface area contributed by atoms with Crippen LogP contribution in [0.15, 0.2) is 30.3 Å². The maximum atomic E-state index is 11.6. The first-order chi connectivity index (χ1) is 11.1. The zero-order chi connectivity index (χ0) is 16.2. The van der Waals surface area contributed by atoms with E-state index >= 15 is 0 Å². The molecule has 1 aromatic carbocycles. The molecule has 2 amide bonds. The molecule has 1 heterocycles. The maximum absolute atomic E-state index is 11.6. The lowest BCUT2D eigenvalue weighted by Gasteiger charge is -2.11. The Hall–Kier alpha value is -2.54. The Labute approximate surface area is 138 Å². The normalized spacial score (nSPS) is 13.3. The molecule has 0 atom stereocenters. The van der Waals surface area contributed by atoms with E-state index in [2.05, 4.69) is 26.1 Å². The second kappa shape index (κ2) is 6.70. The number of nitrogens with zero attached hydrogens (tertiary/aromatic N) is 2. The first-order valence-electron chi connectivity index (χ1n) is 7.16. The van der Waals surface area contributed by atoms with Gasteiger partial charge in [-0.05, 0) is 43.2 Å². The number of aromatic nitrogens is 2. The van der Waals surface area contributed by atoms with E-state index in [0.717, 1.165) is 12.8 Å². The number of amides is 2. The van der Waals surface area contributed by atoms with Crippen LogP contribution in [0.3, 0.4) is 0 Å². The Morgan fingerprint density at radius 3 is 2.61 bits per heavy atom. The Morgan fingerprint density at radius 1 is 1.22 bits per heavy atom. The van der Waals surface area contributed by atoms with Gasteiger partial charge in [-0.2, -0.15) is 0 Å². The molecule has 0 aliphatic heterocycles. The molecule has 7 nitrogen and oxygen atoms in total. The number of halogens is 1. The van der Waals surface area contributed by atoms with E-state index in [9.17, 15) is 4.79 Å². The fourth-order valence-electron chi connectivity index (χ4n) is 1.95. The van der Waals surface area contributed by atoms with Gasteiger partial charge >= 0.3 is 6.03 Å². The number of ether oxygens (including phenoxy) is 1. The second-order valence-corrected chi connectivity index (χ2v) is 5.58. The highest BCUT2D eigenvalue weighted by atomic mass is 35.5. The first kappa shape index (κ1) is 15.4. The summed E-state index contributed by atoms with van der Waals surface area (Å²) in [5, 5.41) is 17.1. The monoisotopic (exact) mass is 333 g/mol. The number of carbonyl (C=O) groups excluding carboxylic acids is 1. The molecule has 0 bridgehead atoms. The van der Waals surface area contributed by atoms with E-state index in [1.807, 2.05) is 0 Å². The van der Waals surface area contributed by atoms with Gasteiger partial charge in [-0.15, -0.1) is 10.2 Å². The molecule has 1 aliphatic rings. The average molecular weight is 334 g/mol. The van der Waals surface area contributed by atoms with Crippen molar-refractivity contribution in [2.45, 2.75) is 18.9 Å². The van der Waals surface area contributed by atoms with Crippen LogP contribution in [-0.2, 0) is 0 Å². The molecular formula is C15H16ClN5O2. The summed E-state index contributed by atoms with van der Waals surface area (Å²) < 4.78 is 5.26. The van der Waals surface area contributed by atoms with Crippen LogP contribution in [0.2, 0.25) is 5.02 Å². The van der Waals surface area contributed by atoms with Crippen LogP contribution >= 0.6 is 11.6 Å². The van der Waals surface area contributed by atoms with Crippen LogP contribution in [0.1, 0.15) is 12.8 Å². The summed E-state index contributed by atoms with van der Waals surface area (Å²) in [5.41, 5.74) is 0.682. The zero-order valence-electron chi connectivity index (χ0n) is 12.5. The van der Waals surface area contributed by atoms with Gasteiger partial charge in [0.2, 0.25) is 0 Å². The van der Waals surface area contributed by atoms with E-state index in [-0.39, 0.29) is 6.03 Å². The minimum Gasteiger partial charge on any atom is -0.495 e. The molecule has 1 aliphatic carbocycles. The summed E-state index contributed by atoms with van der Waals surface area (Å²) in [4.78, 5) is 11.6. The summed E-state index contributed by atoms with van der Waals surface area (Å²) in [6, 6.07) is 8.63. The molecule has 0 radical (unpaired) electrons. The summed E-state index contributed by atoms with van der Waals surface area (Å²) in [5.74, 6) is 1.53.